The first-order chi connectivity index (χ1) is 15.2. The van der Waals surface area contributed by atoms with Crippen LogP contribution in [0, 0.1) is 0 Å². The van der Waals surface area contributed by atoms with Crippen molar-refractivity contribution in [3.63, 3.8) is 0 Å². The number of benzene rings is 2. The Hall–Kier alpha value is -3.21. The van der Waals surface area contributed by atoms with Gasteiger partial charge in [0.15, 0.2) is 0 Å². The number of hydrogen-bond donors (Lipinski definition) is 1. The lowest BCUT2D eigenvalue weighted by Crippen LogP contribution is -2.42. The standard InChI is InChI=1S/C22H25N3O6S/c1-16(20-15-30-22(23-20)18-7-5-4-6-8-18)31-19-11-9-17(10-12-19)13-25(14-21(26)27)32(28,29)24(2)3/h4-12,15-16H,13-14H2,1-3H3,(H,26,27). The fourth-order valence-corrected chi connectivity index (χ4v) is 3.98. The molecule has 0 bridgehead atoms. The van der Waals surface area contributed by atoms with E-state index in [1.807, 2.05) is 37.3 Å². The Morgan fingerprint density at radius 1 is 1.12 bits per heavy atom. The Morgan fingerprint density at radius 3 is 2.38 bits per heavy atom. The maximum absolute atomic E-state index is 12.4. The molecule has 0 saturated heterocycles. The minimum absolute atomic E-state index is 0.0770. The summed E-state index contributed by atoms with van der Waals surface area (Å²) in [5.41, 5.74) is 2.14. The van der Waals surface area contributed by atoms with Gasteiger partial charge in [0.25, 0.3) is 10.2 Å². The lowest BCUT2D eigenvalue weighted by molar-refractivity contribution is -0.137. The van der Waals surface area contributed by atoms with Crippen LogP contribution in [0.4, 0.5) is 0 Å². The van der Waals surface area contributed by atoms with Crippen molar-refractivity contribution in [1.82, 2.24) is 13.6 Å². The Bertz CT molecular complexity index is 1140. The van der Waals surface area contributed by atoms with E-state index in [0.717, 1.165) is 14.2 Å². The Balaban J connectivity index is 1.67. The quantitative estimate of drug-likeness (QED) is 0.495. The van der Waals surface area contributed by atoms with Crippen LogP contribution in [0.1, 0.15) is 24.3 Å². The number of ether oxygens (including phenoxy) is 1. The first-order valence-corrected chi connectivity index (χ1v) is 11.2. The number of oxazole rings is 1. The molecule has 32 heavy (non-hydrogen) atoms. The summed E-state index contributed by atoms with van der Waals surface area (Å²) in [4.78, 5) is 15.6. The topological polar surface area (TPSA) is 113 Å². The second kappa shape index (κ2) is 9.94. The predicted octanol–water partition coefficient (Wildman–Crippen LogP) is 3.17. The third-order valence-corrected chi connectivity index (χ3v) is 6.49. The van der Waals surface area contributed by atoms with Crippen molar-refractivity contribution in [2.24, 2.45) is 0 Å². The van der Waals surface area contributed by atoms with Crippen LogP contribution in [0.5, 0.6) is 5.75 Å². The van der Waals surface area contributed by atoms with Crippen LogP contribution in [-0.4, -0.2) is 53.7 Å². The van der Waals surface area contributed by atoms with Gasteiger partial charge in [-0.15, -0.1) is 0 Å². The van der Waals surface area contributed by atoms with Gasteiger partial charge in [0.05, 0.1) is 0 Å². The number of nitrogens with zero attached hydrogens (tertiary/aromatic N) is 3. The van der Waals surface area contributed by atoms with E-state index in [-0.39, 0.29) is 12.6 Å². The molecule has 1 atom stereocenters. The molecule has 1 N–H and O–H groups in total. The SMILES string of the molecule is CC(Oc1ccc(CN(CC(=O)O)S(=O)(=O)N(C)C)cc1)c1coc(-c2ccccc2)n1. The molecule has 0 spiro atoms. The smallest absolute Gasteiger partial charge is 0.318 e. The van der Waals surface area contributed by atoms with Crippen molar-refractivity contribution in [1.29, 1.82) is 0 Å². The van der Waals surface area contributed by atoms with Gasteiger partial charge in [-0.3, -0.25) is 4.79 Å². The highest BCUT2D eigenvalue weighted by atomic mass is 32.2. The molecular formula is C22H25N3O6S. The molecule has 0 amide bonds. The van der Waals surface area contributed by atoms with Gasteiger partial charge >= 0.3 is 5.97 Å². The highest BCUT2D eigenvalue weighted by Gasteiger charge is 2.26. The first-order valence-electron chi connectivity index (χ1n) is 9.82. The molecule has 1 aromatic heterocycles. The third kappa shape index (κ3) is 5.72. The number of rotatable bonds is 10. The van der Waals surface area contributed by atoms with E-state index >= 15 is 0 Å². The number of carbonyl (C=O) groups is 1. The number of aromatic nitrogens is 1. The van der Waals surface area contributed by atoms with Gasteiger partial charge < -0.3 is 14.3 Å². The normalized spacial score (nSPS) is 12.8. The van der Waals surface area contributed by atoms with Gasteiger partial charge in [-0.1, -0.05) is 30.3 Å². The van der Waals surface area contributed by atoms with Crippen molar-refractivity contribution in [3.8, 4) is 17.2 Å². The summed E-state index contributed by atoms with van der Waals surface area (Å²) in [6.45, 7) is 1.14. The van der Waals surface area contributed by atoms with Gasteiger partial charge in [0, 0.05) is 26.2 Å². The molecule has 10 heteroatoms. The lowest BCUT2D eigenvalue weighted by atomic mass is 10.2. The molecule has 0 radical (unpaired) electrons. The average Bonchev–Trinajstić information content (AvgIpc) is 3.25. The summed E-state index contributed by atoms with van der Waals surface area (Å²) in [6, 6.07) is 16.3. The Kier molecular flexibility index (Phi) is 7.29. The molecule has 1 unspecified atom stereocenters. The molecule has 2 aromatic carbocycles. The van der Waals surface area contributed by atoms with Gasteiger partial charge in [0.2, 0.25) is 5.89 Å². The van der Waals surface area contributed by atoms with Gasteiger partial charge in [0.1, 0.15) is 30.4 Å². The van der Waals surface area contributed by atoms with E-state index < -0.39 is 22.7 Å². The van der Waals surface area contributed by atoms with Crippen molar-refractivity contribution in [2.45, 2.75) is 19.6 Å². The van der Waals surface area contributed by atoms with Crippen LogP contribution >= 0.6 is 0 Å². The van der Waals surface area contributed by atoms with E-state index in [1.165, 1.54) is 14.1 Å². The van der Waals surface area contributed by atoms with Gasteiger partial charge in [-0.05, 0) is 36.8 Å². The fourth-order valence-electron chi connectivity index (χ4n) is 2.93. The molecule has 0 fully saturated rings. The number of carboxylic acid groups (broad SMARTS) is 1. The zero-order valence-corrected chi connectivity index (χ0v) is 18.8. The summed E-state index contributed by atoms with van der Waals surface area (Å²) in [6.07, 6.45) is 1.18. The van der Waals surface area contributed by atoms with Crippen LogP contribution in [0.15, 0.2) is 65.3 Å². The largest absolute Gasteiger partial charge is 0.484 e. The molecule has 0 aliphatic carbocycles. The van der Waals surface area contributed by atoms with E-state index in [0.29, 0.717) is 22.9 Å². The molecular weight excluding hydrogens is 434 g/mol. The van der Waals surface area contributed by atoms with Gasteiger partial charge in [-0.25, -0.2) is 4.98 Å². The second-order valence-electron chi connectivity index (χ2n) is 7.30. The van der Waals surface area contributed by atoms with Crippen LogP contribution in [-0.2, 0) is 21.5 Å². The highest BCUT2D eigenvalue weighted by Crippen LogP contribution is 2.25. The van der Waals surface area contributed by atoms with Crippen molar-refractivity contribution >= 4 is 16.2 Å². The van der Waals surface area contributed by atoms with Crippen LogP contribution < -0.4 is 4.74 Å². The molecule has 3 rings (SSSR count). The minimum Gasteiger partial charge on any atom is -0.484 e. The maximum Gasteiger partial charge on any atom is 0.318 e. The van der Waals surface area contributed by atoms with E-state index in [1.54, 1.807) is 30.5 Å². The Morgan fingerprint density at radius 2 is 1.78 bits per heavy atom. The summed E-state index contributed by atoms with van der Waals surface area (Å²) in [5, 5.41) is 9.07. The zero-order chi connectivity index (χ0) is 23.3. The van der Waals surface area contributed by atoms with E-state index in [2.05, 4.69) is 4.98 Å². The number of hydrogen-bond acceptors (Lipinski definition) is 6. The molecule has 0 saturated carbocycles. The molecule has 3 aromatic rings. The van der Waals surface area contributed by atoms with Crippen molar-refractivity contribution in [3.05, 3.63) is 72.1 Å². The van der Waals surface area contributed by atoms with Crippen LogP contribution in [0.3, 0.4) is 0 Å². The zero-order valence-electron chi connectivity index (χ0n) is 18.0. The number of aliphatic carboxylic acids is 1. The Labute approximate surface area is 187 Å². The molecule has 0 aliphatic rings. The molecule has 170 valence electrons. The van der Waals surface area contributed by atoms with Crippen molar-refractivity contribution < 1.29 is 27.5 Å². The predicted molar refractivity (Wildman–Crippen MR) is 118 cm³/mol. The molecule has 9 nitrogen and oxygen atoms in total. The third-order valence-electron chi connectivity index (χ3n) is 4.65. The average molecular weight is 460 g/mol. The highest BCUT2D eigenvalue weighted by molar-refractivity contribution is 7.86. The van der Waals surface area contributed by atoms with Crippen molar-refractivity contribution in [2.75, 3.05) is 20.6 Å². The fraction of sp³-hybridized carbons (Fsp3) is 0.273. The van der Waals surface area contributed by atoms with E-state index in [9.17, 15) is 13.2 Å². The van der Waals surface area contributed by atoms with Gasteiger partial charge in [-0.2, -0.15) is 17.0 Å². The van der Waals surface area contributed by atoms with Crippen LogP contribution in [0.2, 0.25) is 0 Å². The maximum atomic E-state index is 12.4. The monoisotopic (exact) mass is 459 g/mol. The summed E-state index contributed by atoms with van der Waals surface area (Å²) >= 11 is 0. The first kappa shape index (κ1) is 23.5. The summed E-state index contributed by atoms with van der Waals surface area (Å²) < 4.78 is 38.1. The molecule has 1 heterocycles. The molecule has 0 aliphatic heterocycles. The van der Waals surface area contributed by atoms with Crippen LogP contribution in [0.25, 0.3) is 11.5 Å². The van der Waals surface area contributed by atoms with E-state index in [4.69, 9.17) is 14.3 Å². The summed E-state index contributed by atoms with van der Waals surface area (Å²) in [5.74, 6) is -0.163. The summed E-state index contributed by atoms with van der Waals surface area (Å²) in [7, 11) is -1.17. The minimum atomic E-state index is -3.88. The second-order valence-corrected chi connectivity index (χ2v) is 9.44. The number of carboxylic acids is 1. The lowest BCUT2D eigenvalue weighted by Gasteiger charge is -2.24.